The molecule has 2 aliphatic heterocycles. The van der Waals surface area contributed by atoms with E-state index < -0.39 is 12.2 Å². The molecular weight excluding hydrogens is 305 g/mol. The van der Waals surface area contributed by atoms with Gasteiger partial charge in [-0.1, -0.05) is 23.2 Å². The highest BCUT2D eigenvalue weighted by Crippen LogP contribution is 2.44. The van der Waals surface area contributed by atoms with Crippen LogP contribution >= 0.6 is 23.2 Å². The summed E-state index contributed by atoms with van der Waals surface area (Å²) in [5.74, 6) is -0.126. The van der Waals surface area contributed by atoms with Gasteiger partial charge in [0.25, 0.3) is 0 Å². The van der Waals surface area contributed by atoms with Crippen LogP contribution in [0.5, 0.6) is 5.75 Å². The van der Waals surface area contributed by atoms with E-state index in [0.29, 0.717) is 28.6 Å². The van der Waals surface area contributed by atoms with E-state index in [1.165, 1.54) is 17.0 Å². The fourth-order valence-electron chi connectivity index (χ4n) is 2.95. The van der Waals surface area contributed by atoms with Crippen molar-refractivity contribution in [2.24, 2.45) is 0 Å². The van der Waals surface area contributed by atoms with Crippen molar-refractivity contribution < 1.29 is 19.7 Å². The molecule has 0 saturated carbocycles. The molecule has 1 aromatic carbocycles. The largest absolute Gasteiger partial charge is 0.508 e. The number of benzene rings is 1. The van der Waals surface area contributed by atoms with E-state index in [0.717, 1.165) is 0 Å². The molecular formula is C13H13Cl2NO4. The summed E-state index contributed by atoms with van der Waals surface area (Å²) < 4.78 is 4.89. The fraction of sp³-hybridized carbons (Fsp3) is 0.462. The van der Waals surface area contributed by atoms with Crippen molar-refractivity contribution in [1.82, 2.24) is 4.90 Å². The maximum atomic E-state index is 11.7. The van der Waals surface area contributed by atoms with Crippen molar-refractivity contribution >= 4 is 29.3 Å². The van der Waals surface area contributed by atoms with Gasteiger partial charge in [0.2, 0.25) is 0 Å². The first-order chi connectivity index (χ1) is 9.49. The van der Waals surface area contributed by atoms with Gasteiger partial charge < -0.3 is 19.8 Å². The Kier molecular flexibility index (Phi) is 3.44. The van der Waals surface area contributed by atoms with Gasteiger partial charge in [0.05, 0.1) is 16.1 Å². The first-order valence-electron chi connectivity index (χ1n) is 6.27. The third-order valence-corrected chi connectivity index (χ3v) is 4.74. The number of carbonyl (C=O) groups is 1. The first-order valence-corrected chi connectivity index (χ1v) is 7.03. The number of carbonyl (C=O) groups excluding carboxylic acids is 1. The Labute approximate surface area is 125 Å². The van der Waals surface area contributed by atoms with Crippen LogP contribution in [0.25, 0.3) is 0 Å². The number of fused-ring (bicyclic) bond motifs is 1. The molecule has 2 fully saturated rings. The molecule has 3 atom stereocenters. The van der Waals surface area contributed by atoms with Gasteiger partial charge in [-0.2, -0.15) is 0 Å². The molecule has 0 bridgehead atoms. The number of nitrogens with zero attached hydrogens (tertiary/aromatic N) is 1. The average molecular weight is 318 g/mol. The summed E-state index contributed by atoms with van der Waals surface area (Å²) in [4.78, 5) is 13.2. The van der Waals surface area contributed by atoms with Crippen molar-refractivity contribution in [2.75, 3.05) is 13.2 Å². The van der Waals surface area contributed by atoms with E-state index in [4.69, 9.17) is 27.9 Å². The average Bonchev–Trinajstić information content (AvgIpc) is 2.85. The van der Waals surface area contributed by atoms with Crippen LogP contribution in [-0.2, 0) is 4.74 Å². The highest BCUT2D eigenvalue weighted by molar-refractivity contribution is 6.42. The SMILES string of the molecule is O=C1OCC(O)[C@@H]2C[C@H](c3c(O)ccc(Cl)c3Cl)CN12. The number of phenolic OH excluding ortho intramolecular Hbond substituents is 1. The Morgan fingerprint density at radius 3 is 2.80 bits per heavy atom. The predicted molar refractivity (Wildman–Crippen MR) is 73.3 cm³/mol. The zero-order chi connectivity index (χ0) is 14.4. The van der Waals surface area contributed by atoms with Gasteiger partial charge in [0.1, 0.15) is 18.5 Å². The van der Waals surface area contributed by atoms with Crippen LogP contribution in [0.4, 0.5) is 4.79 Å². The summed E-state index contributed by atoms with van der Waals surface area (Å²) in [7, 11) is 0. The van der Waals surface area contributed by atoms with Crippen LogP contribution in [-0.4, -0.2) is 46.5 Å². The second-order valence-electron chi connectivity index (χ2n) is 5.09. The number of hydrogen-bond acceptors (Lipinski definition) is 4. The number of rotatable bonds is 1. The van der Waals surface area contributed by atoms with Gasteiger partial charge in [-0.15, -0.1) is 0 Å². The summed E-state index contributed by atoms with van der Waals surface area (Å²) in [5.41, 5.74) is 0.522. The Bertz CT molecular complexity index is 566. The van der Waals surface area contributed by atoms with Crippen molar-refractivity contribution in [2.45, 2.75) is 24.5 Å². The second-order valence-corrected chi connectivity index (χ2v) is 5.88. The van der Waals surface area contributed by atoms with Crippen LogP contribution in [0.2, 0.25) is 10.0 Å². The maximum absolute atomic E-state index is 11.7. The van der Waals surface area contributed by atoms with E-state index >= 15 is 0 Å². The predicted octanol–water partition coefficient (Wildman–Crippen LogP) is 2.37. The minimum absolute atomic E-state index is 0.00196. The molecule has 3 rings (SSSR count). The van der Waals surface area contributed by atoms with Gasteiger partial charge >= 0.3 is 6.09 Å². The maximum Gasteiger partial charge on any atom is 0.410 e. The number of amides is 1. The molecule has 1 unspecified atom stereocenters. The molecule has 2 saturated heterocycles. The zero-order valence-electron chi connectivity index (χ0n) is 10.4. The lowest BCUT2D eigenvalue weighted by Crippen LogP contribution is -2.50. The monoisotopic (exact) mass is 317 g/mol. The number of aromatic hydroxyl groups is 1. The molecule has 0 aromatic heterocycles. The third kappa shape index (κ3) is 2.10. The number of ether oxygens (including phenoxy) is 1. The van der Waals surface area contributed by atoms with Crippen LogP contribution in [0, 0.1) is 0 Å². The molecule has 20 heavy (non-hydrogen) atoms. The summed E-state index contributed by atoms with van der Waals surface area (Å²) in [6, 6.07) is 2.69. The minimum Gasteiger partial charge on any atom is -0.508 e. The number of cyclic esters (lactones) is 1. The van der Waals surface area contributed by atoms with E-state index in [-0.39, 0.29) is 24.3 Å². The Morgan fingerprint density at radius 1 is 1.35 bits per heavy atom. The molecule has 2 heterocycles. The lowest BCUT2D eigenvalue weighted by molar-refractivity contribution is -0.0283. The normalized spacial score (nSPS) is 29.2. The summed E-state index contributed by atoms with van der Waals surface area (Å²) in [6.45, 7) is 0.343. The Morgan fingerprint density at radius 2 is 2.10 bits per heavy atom. The van der Waals surface area contributed by atoms with Gasteiger partial charge in [-0.25, -0.2) is 4.79 Å². The van der Waals surface area contributed by atoms with E-state index in [2.05, 4.69) is 0 Å². The molecule has 1 amide bonds. The molecule has 0 spiro atoms. The van der Waals surface area contributed by atoms with Crippen molar-refractivity contribution in [1.29, 1.82) is 0 Å². The molecule has 5 nitrogen and oxygen atoms in total. The van der Waals surface area contributed by atoms with Gasteiger partial charge in [-0.05, 0) is 18.6 Å². The van der Waals surface area contributed by atoms with Crippen LogP contribution in [0.3, 0.4) is 0 Å². The smallest absolute Gasteiger partial charge is 0.410 e. The third-order valence-electron chi connectivity index (χ3n) is 3.92. The highest BCUT2D eigenvalue weighted by atomic mass is 35.5. The molecule has 0 aliphatic carbocycles. The summed E-state index contributed by atoms with van der Waals surface area (Å²) in [5, 5.41) is 20.6. The molecule has 7 heteroatoms. The minimum atomic E-state index is -0.724. The van der Waals surface area contributed by atoms with Crippen LogP contribution < -0.4 is 0 Å². The highest BCUT2D eigenvalue weighted by Gasteiger charge is 2.45. The number of hydrogen-bond donors (Lipinski definition) is 2. The number of aliphatic hydroxyl groups excluding tert-OH is 1. The number of halogens is 2. The quantitative estimate of drug-likeness (QED) is 0.834. The summed E-state index contributed by atoms with van der Waals surface area (Å²) in [6.07, 6.45) is -0.651. The topological polar surface area (TPSA) is 70.0 Å². The molecule has 2 aliphatic rings. The lowest BCUT2D eigenvalue weighted by Gasteiger charge is -2.32. The van der Waals surface area contributed by atoms with E-state index in [1.54, 1.807) is 0 Å². The van der Waals surface area contributed by atoms with Crippen LogP contribution in [0.1, 0.15) is 17.9 Å². The molecule has 0 radical (unpaired) electrons. The number of phenols is 1. The van der Waals surface area contributed by atoms with Gasteiger partial charge in [-0.3, -0.25) is 0 Å². The van der Waals surface area contributed by atoms with E-state index in [9.17, 15) is 15.0 Å². The Balaban J connectivity index is 1.94. The van der Waals surface area contributed by atoms with Crippen molar-refractivity contribution in [3.63, 3.8) is 0 Å². The van der Waals surface area contributed by atoms with Gasteiger partial charge in [0.15, 0.2) is 0 Å². The standard InChI is InChI=1S/C13H13Cl2NO4/c14-7-1-2-9(17)11(12(7)15)6-3-8-10(18)5-20-13(19)16(8)4-6/h1-2,6,8,10,17-18H,3-5H2/t6-,8-,10?/m0/s1. The molecule has 108 valence electrons. The lowest BCUT2D eigenvalue weighted by atomic mass is 9.94. The van der Waals surface area contributed by atoms with Gasteiger partial charge in [0, 0.05) is 18.0 Å². The Hall–Kier alpha value is -1.17. The van der Waals surface area contributed by atoms with Crippen molar-refractivity contribution in [3.8, 4) is 5.75 Å². The fourth-order valence-corrected chi connectivity index (χ4v) is 3.42. The first kappa shape index (κ1) is 13.8. The molecule has 2 N–H and O–H groups in total. The zero-order valence-corrected chi connectivity index (χ0v) is 11.9. The number of aliphatic hydroxyl groups is 1. The summed E-state index contributed by atoms with van der Waals surface area (Å²) >= 11 is 12.1. The molecule has 1 aromatic rings. The van der Waals surface area contributed by atoms with Crippen LogP contribution in [0.15, 0.2) is 12.1 Å². The van der Waals surface area contributed by atoms with E-state index in [1.807, 2.05) is 0 Å². The second kappa shape index (κ2) is 4.98. The van der Waals surface area contributed by atoms with Crippen molar-refractivity contribution in [3.05, 3.63) is 27.7 Å².